The van der Waals surface area contributed by atoms with Gasteiger partial charge in [-0.1, -0.05) is 60.1 Å². The molecule has 3 aromatic rings. The van der Waals surface area contributed by atoms with Crippen molar-refractivity contribution in [3.63, 3.8) is 0 Å². The van der Waals surface area contributed by atoms with Gasteiger partial charge in [-0.15, -0.1) is 0 Å². The number of nitrogens with one attached hydrogen (secondary N) is 1. The number of carbonyl (C=O) groups excluding carboxylic acids is 1. The second-order valence-corrected chi connectivity index (χ2v) is 6.14. The molecule has 5 heteroatoms. The molecule has 3 rings (SSSR count). The molecule has 0 spiro atoms. The van der Waals surface area contributed by atoms with Crippen molar-refractivity contribution >= 4 is 23.2 Å². The van der Waals surface area contributed by atoms with E-state index in [2.05, 4.69) is 5.32 Å². The SMILES string of the molecule is O=C(COc1ccc(F)cc1Cl)Nc1ccccc1Cc1ccccc1. The predicted octanol–water partition coefficient (Wildman–Crippen LogP) is 5.09. The zero-order valence-electron chi connectivity index (χ0n) is 13.9. The van der Waals surface area contributed by atoms with E-state index in [9.17, 15) is 9.18 Å². The van der Waals surface area contributed by atoms with Gasteiger partial charge in [0.1, 0.15) is 11.6 Å². The quantitative estimate of drug-likeness (QED) is 0.657. The molecule has 0 atom stereocenters. The summed E-state index contributed by atoms with van der Waals surface area (Å²) >= 11 is 5.89. The molecule has 0 heterocycles. The molecular formula is C21H17ClFNO2. The number of hydrogen-bond acceptors (Lipinski definition) is 2. The van der Waals surface area contributed by atoms with Gasteiger partial charge in [0.15, 0.2) is 6.61 Å². The Balaban J connectivity index is 1.64. The Morgan fingerprint density at radius 1 is 1.00 bits per heavy atom. The Bertz CT molecular complexity index is 900. The van der Waals surface area contributed by atoms with Gasteiger partial charge in [0.25, 0.3) is 5.91 Å². The number of carbonyl (C=O) groups is 1. The van der Waals surface area contributed by atoms with Crippen LogP contribution in [0, 0.1) is 5.82 Å². The second-order valence-electron chi connectivity index (χ2n) is 5.73. The summed E-state index contributed by atoms with van der Waals surface area (Å²) in [5.74, 6) is -0.506. The maximum atomic E-state index is 13.0. The van der Waals surface area contributed by atoms with E-state index < -0.39 is 5.82 Å². The van der Waals surface area contributed by atoms with Crippen LogP contribution in [0.15, 0.2) is 72.8 Å². The van der Waals surface area contributed by atoms with Crippen LogP contribution < -0.4 is 10.1 Å². The summed E-state index contributed by atoms with van der Waals surface area (Å²) < 4.78 is 18.4. The Morgan fingerprint density at radius 2 is 1.73 bits per heavy atom. The average molecular weight is 370 g/mol. The average Bonchev–Trinajstić information content (AvgIpc) is 2.63. The molecular weight excluding hydrogens is 353 g/mol. The molecule has 0 aliphatic heterocycles. The van der Waals surface area contributed by atoms with E-state index in [1.807, 2.05) is 54.6 Å². The van der Waals surface area contributed by atoms with E-state index in [1.54, 1.807) is 0 Å². The normalized spacial score (nSPS) is 10.4. The molecule has 0 radical (unpaired) electrons. The molecule has 132 valence electrons. The molecule has 0 saturated carbocycles. The zero-order valence-corrected chi connectivity index (χ0v) is 14.7. The van der Waals surface area contributed by atoms with Gasteiger partial charge in [-0.2, -0.15) is 0 Å². The lowest BCUT2D eigenvalue weighted by atomic mass is 10.0. The number of halogens is 2. The highest BCUT2D eigenvalue weighted by Gasteiger charge is 2.10. The van der Waals surface area contributed by atoms with Crippen molar-refractivity contribution in [3.05, 3.63) is 94.8 Å². The number of anilines is 1. The fraction of sp³-hybridized carbons (Fsp3) is 0.0952. The van der Waals surface area contributed by atoms with Crippen molar-refractivity contribution in [1.29, 1.82) is 0 Å². The van der Waals surface area contributed by atoms with E-state index in [4.69, 9.17) is 16.3 Å². The first-order chi connectivity index (χ1) is 12.6. The van der Waals surface area contributed by atoms with Crippen LogP contribution in [0.25, 0.3) is 0 Å². The highest BCUT2D eigenvalue weighted by molar-refractivity contribution is 6.32. The van der Waals surface area contributed by atoms with Crippen LogP contribution in [0.5, 0.6) is 5.75 Å². The Labute approximate surface area is 156 Å². The number of para-hydroxylation sites is 1. The van der Waals surface area contributed by atoms with Crippen LogP contribution in [0.1, 0.15) is 11.1 Å². The smallest absolute Gasteiger partial charge is 0.262 e. The number of hydrogen-bond donors (Lipinski definition) is 1. The van der Waals surface area contributed by atoms with E-state index in [-0.39, 0.29) is 23.3 Å². The molecule has 1 N–H and O–H groups in total. The summed E-state index contributed by atoms with van der Waals surface area (Å²) in [5.41, 5.74) is 2.89. The van der Waals surface area contributed by atoms with Gasteiger partial charge in [0.05, 0.1) is 5.02 Å². The third kappa shape index (κ3) is 4.83. The first-order valence-corrected chi connectivity index (χ1v) is 8.49. The lowest BCUT2D eigenvalue weighted by Crippen LogP contribution is -2.21. The Morgan fingerprint density at radius 3 is 2.50 bits per heavy atom. The lowest BCUT2D eigenvalue weighted by Gasteiger charge is -2.12. The summed E-state index contributed by atoms with van der Waals surface area (Å²) in [6.07, 6.45) is 0.710. The molecule has 1 amide bonds. The highest BCUT2D eigenvalue weighted by Crippen LogP contribution is 2.25. The first-order valence-electron chi connectivity index (χ1n) is 8.11. The number of ether oxygens (including phenoxy) is 1. The van der Waals surface area contributed by atoms with Crippen LogP contribution in [0.4, 0.5) is 10.1 Å². The summed E-state index contributed by atoms with van der Waals surface area (Å²) in [6, 6.07) is 21.4. The van der Waals surface area contributed by atoms with Crippen LogP contribution >= 0.6 is 11.6 Å². The van der Waals surface area contributed by atoms with Crippen molar-refractivity contribution in [2.45, 2.75) is 6.42 Å². The van der Waals surface area contributed by atoms with Gasteiger partial charge in [-0.05, 0) is 41.8 Å². The third-order valence-electron chi connectivity index (χ3n) is 3.78. The first kappa shape index (κ1) is 18.0. The number of benzene rings is 3. The van der Waals surface area contributed by atoms with Gasteiger partial charge < -0.3 is 10.1 Å². The van der Waals surface area contributed by atoms with E-state index in [0.717, 1.165) is 22.9 Å². The number of amides is 1. The molecule has 0 saturated heterocycles. The summed E-state index contributed by atoms with van der Waals surface area (Å²) in [7, 11) is 0. The zero-order chi connectivity index (χ0) is 18.4. The standard InChI is InChI=1S/C21H17ClFNO2/c22-18-13-17(23)10-11-20(18)26-14-21(25)24-19-9-5-4-8-16(19)12-15-6-2-1-3-7-15/h1-11,13H,12,14H2,(H,24,25). The highest BCUT2D eigenvalue weighted by atomic mass is 35.5. The molecule has 0 unspecified atom stereocenters. The van der Waals surface area contributed by atoms with Gasteiger partial charge in [0, 0.05) is 5.69 Å². The summed E-state index contributed by atoms with van der Waals surface area (Å²) in [4.78, 5) is 12.2. The minimum atomic E-state index is -0.457. The molecule has 26 heavy (non-hydrogen) atoms. The molecule has 3 nitrogen and oxygen atoms in total. The third-order valence-corrected chi connectivity index (χ3v) is 4.08. The minimum Gasteiger partial charge on any atom is -0.482 e. The van der Waals surface area contributed by atoms with Gasteiger partial charge in [-0.25, -0.2) is 4.39 Å². The monoisotopic (exact) mass is 369 g/mol. The predicted molar refractivity (Wildman–Crippen MR) is 101 cm³/mol. The van der Waals surface area contributed by atoms with Crippen LogP contribution in [0.3, 0.4) is 0 Å². The second kappa shape index (κ2) is 8.50. The minimum absolute atomic E-state index is 0.127. The maximum Gasteiger partial charge on any atom is 0.262 e. The van der Waals surface area contributed by atoms with E-state index >= 15 is 0 Å². The summed E-state index contributed by atoms with van der Waals surface area (Å²) in [6.45, 7) is -0.217. The van der Waals surface area contributed by atoms with Crippen molar-refractivity contribution in [2.75, 3.05) is 11.9 Å². The fourth-order valence-electron chi connectivity index (χ4n) is 2.53. The molecule has 0 fully saturated rings. The van der Waals surface area contributed by atoms with E-state index in [0.29, 0.717) is 6.42 Å². The molecule has 0 aromatic heterocycles. The van der Waals surface area contributed by atoms with Gasteiger partial charge >= 0.3 is 0 Å². The Hall–Kier alpha value is -2.85. The molecule has 0 bridgehead atoms. The maximum absolute atomic E-state index is 13.0. The Kier molecular flexibility index (Phi) is 5.87. The lowest BCUT2D eigenvalue weighted by molar-refractivity contribution is -0.118. The van der Waals surface area contributed by atoms with Crippen LogP contribution in [-0.2, 0) is 11.2 Å². The van der Waals surface area contributed by atoms with Crippen molar-refractivity contribution < 1.29 is 13.9 Å². The molecule has 0 aliphatic rings. The van der Waals surface area contributed by atoms with Gasteiger partial charge in [-0.3, -0.25) is 4.79 Å². The largest absolute Gasteiger partial charge is 0.482 e. The fourth-order valence-corrected chi connectivity index (χ4v) is 2.76. The molecule has 3 aromatic carbocycles. The topological polar surface area (TPSA) is 38.3 Å². The summed E-state index contributed by atoms with van der Waals surface area (Å²) in [5, 5.41) is 2.98. The van der Waals surface area contributed by atoms with Crippen molar-refractivity contribution in [3.8, 4) is 5.75 Å². The number of rotatable bonds is 6. The molecule has 0 aliphatic carbocycles. The van der Waals surface area contributed by atoms with Gasteiger partial charge in [0.2, 0.25) is 0 Å². The van der Waals surface area contributed by atoms with Crippen molar-refractivity contribution in [1.82, 2.24) is 0 Å². The van der Waals surface area contributed by atoms with E-state index in [1.165, 1.54) is 12.1 Å². The van der Waals surface area contributed by atoms with Crippen LogP contribution in [-0.4, -0.2) is 12.5 Å². The van der Waals surface area contributed by atoms with Crippen molar-refractivity contribution in [2.24, 2.45) is 0 Å². The van der Waals surface area contributed by atoms with Crippen LogP contribution in [0.2, 0.25) is 5.02 Å².